The summed E-state index contributed by atoms with van der Waals surface area (Å²) in [7, 11) is -0.755. The molecule has 0 unspecified atom stereocenters. The zero-order valence-electron chi connectivity index (χ0n) is 12.5. The monoisotopic (exact) mass is 274 g/mol. The standard InChI is InChI=1S/C11H27P.2CH2N2/c1-5-9-10-11-12(6-2,7-3)8-4;2*2-1-3/h12H,5-11H2,1-4H3;2*2H2. The molecule has 0 aromatic heterocycles. The van der Waals surface area contributed by atoms with Crippen LogP contribution in [0.25, 0.3) is 0 Å². The molecule has 0 heterocycles. The van der Waals surface area contributed by atoms with Crippen LogP contribution in [0.1, 0.15) is 47.0 Å². The molecule has 0 aliphatic heterocycles. The average Bonchev–Trinajstić information content (AvgIpc) is 2.37. The zero-order chi connectivity index (χ0) is 14.9. The van der Waals surface area contributed by atoms with Crippen molar-refractivity contribution < 1.29 is 0 Å². The molecule has 0 saturated heterocycles. The van der Waals surface area contributed by atoms with E-state index in [1.54, 1.807) is 6.16 Å². The van der Waals surface area contributed by atoms with Gasteiger partial charge in [0.25, 0.3) is 0 Å². The number of nitriles is 2. The Balaban J connectivity index is -0.000000315. The van der Waals surface area contributed by atoms with Crippen LogP contribution in [-0.4, -0.2) is 24.6 Å². The number of hydrogen-bond donors (Lipinski definition) is 2. The van der Waals surface area contributed by atoms with Crippen LogP contribution in [0.3, 0.4) is 0 Å². The number of nitrogens with zero attached hydrogens (tertiary/aromatic N) is 2. The van der Waals surface area contributed by atoms with E-state index in [9.17, 15) is 0 Å². The van der Waals surface area contributed by atoms with E-state index in [1.807, 2.05) is 0 Å². The molecule has 4 nitrogen and oxygen atoms in total. The van der Waals surface area contributed by atoms with Crippen LogP contribution < -0.4 is 11.5 Å². The van der Waals surface area contributed by atoms with Gasteiger partial charge in [-0.3, -0.25) is 0 Å². The molecule has 0 saturated carbocycles. The van der Waals surface area contributed by atoms with Crippen LogP contribution in [-0.2, 0) is 0 Å². The van der Waals surface area contributed by atoms with E-state index >= 15 is 0 Å². The third kappa shape index (κ3) is 15.0. The maximum atomic E-state index is 7.10. The minimum Gasteiger partial charge on any atom is -0.337 e. The third-order valence-corrected chi connectivity index (χ3v) is 9.47. The molecule has 0 aliphatic carbocycles. The minimum absolute atomic E-state index is 0.755. The van der Waals surface area contributed by atoms with Crippen molar-refractivity contribution >= 4 is 7.26 Å². The van der Waals surface area contributed by atoms with Crippen LogP contribution in [0, 0.1) is 22.9 Å². The first-order chi connectivity index (χ1) is 8.57. The van der Waals surface area contributed by atoms with E-state index in [1.165, 1.54) is 50.1 Å². The Morgan fingerprint density at radius 2 is 1.17 bits per heavy atom. The summed E-state index contributed by atoms with van der Waals surface area (Å²) >= 11 is 0. The smallest absolute Gasteiger partial charge is 0.173 e. The van der Waals surface area contributed by atoms with E-state index in [2.05, 4.69) is 39.2 Å². The van der Waals surface area contributed by atoms with Crippen LogP contribution in [0.15, 0.2) is 0 Å². The Bertz CT molecular complexity index is 206. The van der Waals surface area contributed by atoms with Crippen molar-refractivity contribution in [1.82, 2.24) is 0 Å². The maximum absolute atomic E-state index is 7.10. The van der Waals surface area contributed by atoms with Gasteiger partial charge in [0, 0.05) is 0 Å². The van der Waals surface area contributed by atoms with Crippen molar-refractivity contribution in [2.75, 3.05) is 24.6 Å². The Hall–Kier alpha value is -0.990. The van der Waals surface area contributed by atoms with Crippen LogP contribution in [0.2, 0.25) is 0 Å². The fourth-order valence-electron chi connectivity index (χ4n) is 2.03. The van der Waals surface area contributed by atoms with Gasteiger partial charge in [0.05, 0.1) is 0 Å². The minimum atomic E-state index is -0.755. The molecule has 0 radical (unpaired) electrons. The van der Waals surface area contributed by atoms with E-state index in [0.717, 1.165) is 0 Å². The van der Waals surface area contributed by atoms with Crippen molar-refractivity contribution in [2.45, 2.75) is 47.0 Å². The fourth-order valence-corrected chi connectivity index (χ4v) is 5.59. The van der Waals surface area contributed by atoms with Crippen molar-refractivity contribution in [1.29, 1.82) is 10.5 Å². The molecule has 108 valence electrons. The van der Waals surface area contributed by atoms with E-state index < -0.39 is 7.26 Å². The molecule has 18 heavy (non-hydrogen) atoms. The molecule has 0 fully saturated rings. The summed E-state index contributed by atoms with van der Waals surface area (Å²) in [5, 5.41) is 14.2. The van der Waals surface area contributed by atoms with Gasteiger partial charge in [-0.15, -0.1) is 0 Å². The second kappa shape index (κ2) is 18.4. The average molecular weight is 274 g/mol. The summed E-state index contributed by atoms with van der Waals surface area (Å²) in [5.41, 5.74) is 8.31. The summed E-state index contributed by atoms with van der Waals surface area (Å²) in [6.45, 7) is 9.52. The van der Waals surface area contributed by atoms with Crippen LogP contribution in [0.4, 0.5) is 0 Å². The number of unbranched alkanes of at least 4 members (excludes halogenated alkanes) is 2. The fraction of sp³-hybridized carbons (Fsp3) is 0.846. The number of nitrogens with two attached hydrogens (primary N) is 2. The summed E-state index contributed by atoms with van der Waals surface area (Å²) < 4.78 is 0. The Labute approximate surface area is 114 Å². The first-order valence-electron chi connectivity index (χ1n) is 6.77. The van der Waals surface area contributed by atoms with Gasteiger partial charge in [-0.2, -0.15) is 10.5 Å². The first-order valence-corrected chi connectivity index (χ1v) is 9.60. The second-order valence-corrected chi connectivity index (χ2v) is 9.90. The molecule has 0 aromatic rings. The molecule has 0 spiro atoms. The van der Waals surface area contributed by atoms with Crippen molar-refractivity contribution in [3.8, 4) is 12.4 Å². The van der Waals surface area contributed by atoms with Gasteiger partial charge >= 0.3 is 78.9 Å². The zero-order valence-corrected chi connectivity index (χ0v) is 13.5. The normalized spacial score (nSPS) is 9.67. The molecule has 0 bridgehead atoms. The van der Waals surface area contributed by atoms with Gasteiger partial charge in [0.2, 0.25) is 0 Å². The van der Waals surface area contributed by atoms with Crippen LogP contribution >= 0.6 is 7.26 Å². The SMILES string of the molecule is CCCCC[PH](CC)(CC)CC.N#CN.N#CN. The van der Waals surface area contributed by atoms with Crippen molar-refractivity contribution in [3.63, 3.8) is 0 Å². The second-order valence-electron chi connectivity index (χ2n) is 4.28. The summed E-state index contributed by atoms with van der Waals surface area (Å²) in [4.78, 5) is 0. The molecule has 0 aromatic carbocycles. The molecular formula is C13H31N4P. The molecule has 0 atom stereocenters. The van der Waals surface area contributed by atoms with Crippen LogP contribution in [0.5, 0.6) is 0 Å². The predicted molar refractivity (Wildman–Crippen MR) is 83.9 cm³/mol. The first kappa shape index (κ1) is 22.2. The van der Waals surface area contributed by atoms with Crippen molar-refractivity contribution in [3.05, 3.63) is 0 Å². The largest absolute Gasteiger partial charge is 0.337 e. The van der Waals surface area contributed by atoms with E-state index in [4.69, 9.17) is 10.5 Å². The Morgan fingerprint density at radius 1 is 0.833 bits per heavy atom. The molecule has 0 aliphatic rings. The quantitative estimate of drug-likeness (QED) is 0.322. The van der Waals surface area contributed by atoms with Gasteiger partial charge in [0.1, 0.15) is 0 Å². The molecule has 5 heteroatoms. The van der Waals surface area contributed by atoms with E-state index in [0.29, 0.717) is 0 Å². The van der Waals surface area contributed by atoms with Gasteiger partial charge in [0.15, 0.2) is 12.4 Å². The Kier molecular flexibility index (Phi) is 22.7. The van der Waals surface area contributed by atoms with Gasteiger partial charge in [-0.25, -0.2) is 0 Å². The molecule has 4 N–H and O–H groups in total. The van der Waals surface area contributed by atoms with Gasteiger partial charge in [-0.05, 0) is 0 Å². The predicted octanol–water partition coefficient (Wildman–Crippen LogP) is 2.84. The number of rotatable bonds is 7. The summed E-state index contributed by atoms with van der Waals surface area (Å²) in [6.07, 6.45) is 12.9. The molecular weight excluding hydrogens is 243 g/mol. The molecule has 0 rings (SSSR count). The third-order valence-electron chi connectivity index (χ3n) is 3.56. The van der Waals surface area contributed by atoms with Crippen molar-refractivity contribution in [2.24, 2.45) is 11.5 Å². The summed E-state index contributed by atoms with van der Waals surface area (Å²) in [5.74, 6) is 0. The maximum Gasteiger partial charge on any atom is 0.173 e. The molecule has 0 amide bonds. The van der Waals surface area contributed by atoms with E-state index in [-0.39, 0.29) is 0 Å². The number of hydrogen-bond acceptors (Lipinski definition) is 4. The topological polar surface area (TPSA) is 99.6 Å². The van der Waals surface area contributed by atoms with Gasteiger partial charge in [-0.1, -0.05) is 0 Å². The Morgan fingerprint density at radius 3 is 1.39 bits per heavy atom. The summed E-state index contributed by atoms with van der Waals surface area (Å²) in [6, 6.07) is 0. The van der Waals surface area contributed by atoms with Gasteiger partial charge < -0.3 is 11.5 Å².